The first kappa shape index (κ1) is 12.9. The van der Waals surface area contributed by atoms with Gasteiger partial charge in [-0.15, -0.1) is 0 Å². The summed E-state index contributed by atoms with van der Waals surface area (Å²) in [5, 5.41) is 9.72. The van der Waals surface area contributed by atoms with Gasteiger partial charge in [-0.1, -0.05) is 19.3 Å². The number of esters is 1. The van der Waals surface area contributed by atoms with Crippen LogP contribution in [0.25, 0.3) is 0 Å². The van der Waals surface area contributed by atoms with Crippen LogP contribution < -0.4 is 0 Å². The molecule has 0 heterocycles. The standard InChI is InChI=1S/C6H10.C5H9NO4/c1-2-5-4-6(5)3-1;1-10-5(7)3-2-4-6(8)9/h5-6H,1-4H2;2-4H2,1H3. The molecule has 16 heavy (non-hydrogen) atoms. The van der Waals surface area contributed by atoms with Crippen molar-refractivity contribution in [3.63, 3.8) is 0 Å². The molecular formula is C11H19NO4. The number of nitrogens with zero attached hydrogens (tertiary/aromatic N) is 1. The van der Waals surface area contributed by atoms with Crippen LogP contribution in [-0.2, 0) is 9.53 Å². The molecule has 0 aromatic carbocycles. The minimum absolute atomic E-state index is 0.123. The predicted molar refractivity (Wildman–Crippen MR) is 58.6 cm³/mol. The van der Waals surface area contributed by atoms with E-state index in [9.17, 15) is 14.9 Å². The molecule has 2 unspecified atom stereocenters. The minimum atomic E-state index is -0.455. The SMILES string of the molecule is C1CC2CC2C1.COC(=O)CCC[N+](=O)[O-]. The fourth-order valence-corrected chi connectivity index (χ4v) is 2.11. The fourth-order valence-electron chi connectivity index (χ4n) is 2.11. The summed E-state index contributed by atoms with van der Waals surface area (Å²) in [7, 11) is 1.26. The van der Waals surface area contributed by atoms with Crippen LogP contribution in [0, 0.1) is 22.0 Å². The van der Waals surface area contributed by atoms with Crippen molar-refractivity contribution in [3.8, 4) is 0 Å². The van der Waals surface area contributed by atoms with Crippen molar-refractivity contribution < 1.29 is 14.5 Å². The summed E-state index contributed by atoms with van der Waals surface area (Å²) in [6, 6.07) is 0. The van der Waals surface area contributed by atoms with E-state index in [1.165, 1.54) is 25.4 Å². The summed E-state index contributed by atoms with van der Waals surface area (Å²) >= 11 is 0. The molecule has 2 rings (SSSR count). The van der Waals surface area contributed by atoms with Crippen molar-refractivity contribution in [2.75, 3.05) is 13.7 Å². The second-order valence-corrected chi connectivity index (χ2v) is 4.42. The zero-order valence-electron chi connectivity index (χ0n) is 9.68. The van der Waals surface area contributed by atoms with E-state index < -0.39 is 10.9 Å². The summed E-state index contributed by atoms with van der Waals surface area (Å²) in [6.45, 7) is -0.172. The summed E-state index contributed by atoms with van der Waals surface area (Å²) in [6.07, 6.45) is 6.61. The van der Waals surface area contributed by atoms with Gasteiger partial charge in [0.25, 0.3) is 0 Å². The van der Waals surface area contributed by atoms with Crippen LogP contribution in [0.15, 0.2) is 0 Å². The third-order valence-corrected chi connectivity index (χ3v) is 3.17. The molecule has 0 amide bonds. The van der Waals surface area contributed by atoms with Crippen molar-refractivity contribution in [3.05, 3.63) is 10.1 Å². The highest BCUT2D eigenvalue weighted by Gasteiger charge is 2.40. The molecule has 92 valence electrons. The highest BCUT2D eigenvalue weighted by atomic mass is 16.6. The normalized spacial score (nSPS) is 25.1. The van der Waals surface area contributed by atoms with Gasteiger partial charge in [0, 0.05) is 11.3 Å². The first-order chi connectivity index (χ1) is 7.63. The van der Waals surface area contributed by atoms with Gasteiger partial charge in [-0.05, 0) is 18.3 Å². The van der Waals surface area contributed by atoms with E-state index in [4.69, 9.17) is 0 Å². The Morgan fingerprint density at radius 3 is 2.38 bits per heavy atom. The Morgan fingerprint density at radius 1 is 1.44 bits per heavy atom. The fraction of sp³-hybridized carbons (Fsp3) is 0.909. The van der Waals surface area contributed by atoms with Crippen LogP contribution in [0.5, 0.6) is 0 Å². The number of hydrogen-bond acceptors (Lipinski definition) is 4. The number of ether oxygens (including phenoxy) is 1. The first-order valence-corrected chi connectivity index (χ1v) is 5.82. The van der Waals surface area contributed by atoms with E-state index in [1.807, 2.05) is 0 Å². The molecule has 0 aliphatic heterocycles. The van der Waals surface area contributed by atoms with Gasteiger partial charge in [0.15, 0.2) is 0 Å². The molecule has 2 fully saturated rings. The molecule has 0 spiro atoms. The molecular weight excluding hydrogens is 210 g/mol. The van der Waals surface area contributed by atoms with Crippen LogP contribution in [-0.4, -0.2) is 24.5 Å². The van der Waals surface area contributed by atoms with Gasteiger partial charge >= 0.3 is 5.97 Å². The van der Waals surface area contributed by atoms with Crippen molar-refractivity contribution in [1.29, 1.82) is 0 Å². The highest BCUT2D eigenvalue weighted by Crippen LogP contribution is 2.51. The molecule has 2 atom stereocenters. The number of fused-ring (bicyclic) bond motifs is 1. The largest absolute Gasteiger partial charge is 0.469 e. The van der Waals surface area contributed by atoms with Crippen LogP contribution >= 0.6 is 0 Å². The lowest BCUT2D eigenvalue weighted by Gasteiger charge is -1.93. The van der Waals surface area contributed by atoms with E-state index in [2.05, 4.69) is 4.74 Å². The lowest BCUT2D eigenvalue weighted by Crippen LogP contribution is -2.05. The summed E-state index contributed by atoms with van der Waals surface area (Å²) in [4.78, 5) is 19.6. The average Bonchev–Trinajstić information content (AvgIpc) is 2.86. The number of carbonyl (C=O) groups excluding carboxylic acids is 1. The van der Waals surface area contributed by atoms with Gasteiger partial charge in [-0.3, -0.25) is 14.9 Å². The van der Waals surface area contributed by atoms with Crippen LogP contribution in [0.1, 0.15) is 38.5 Å². The maximum Gasteiger partial charge on any atom is 0.305 e. The summed E-state index contributed by atoms with van der Waals surface area (Å²) in [5.41, 5.74) is 0. The van der Waals surface area contributed by atoms with Gasteiger partial charge in [0.05, 0.1) is 13.5 Å². The Labute approximate surface area is 95.3 Å². The molecule has 2 aliphatic rings. The second-order valence-electron chi connectivity index (χ2n) is 4.42. The van der Waals surface area contributed by atoms with Crippen molar-refractivity contribution in [2.24, 2.45) is 11.8 Å². The number of carbonyl (C=O) groups is 1. The maximum atomic E-state index is 10.3. The Hall–Kier alpha value is -1.13. The molecule has 0 bridgehead atoms. The monoisotopic (exact) mass is 229 g/mol. The van der Waals surface area contributed by atoms with Crippen molar-refractivity contribution >= 4 is 5.97 Å². The number of nitro groups is 1. The topological polar surface area (TPSA) is 69.4 Å². The van der Waals surface area contributed by atoms with Crippen LogP contribution in [0.4, 0.5) is 0 Å². The Morgan fingerprint density at radius 2 is 2.06 bits per heavy atom. The minimum Gasteiger partial charge on any atom is -0.469 e. The molecule has 0 N–H and O–H groups in total. The van der Waals surface area contributed by atoms with Gasteiger partial charge < -0.3 is 4.74 Å². The zero-order chi connectivity index (χ0) is 12.0. The Balaban J connectivity index is 0.000000176. The first-order valence-electron chi connectivity index (χ1n) is 5.82. The number of hydrogen-bond donors (Lipinski definition) is 0. The van der Waals surface area contributed by atoms with E-state index in [-0.39, 0.29) is 19.4 Å². The lowest BCUT2D eigenvalue weighted by atomic mass is 10.3. The highest BCUT2D eigenvalue weighted by molar-refractivity contribution is 5.68. The third kappa shape index (κ3) is 5.09. The number of methoxy groups -OCH3 is 1. The predicted octanol–water partition coefficient (Wildman–Crippen LogP) is 2.02. The average molecular weight is 229 g/mol. The molecule has 0 saturated heterocycles. The van der Waals surface area contributed by atoms with Crippen molar-refractivity contribution in [2.45, 2.75) is 38.5 Å². The van der Waals surface area contributed by atoms with Gasteiger partial charge in [0.1, 0.15) is 0 Å². The summed E-state index contributed by atoms with van der Waals surface area (Å²) < 4.78 is 4.27. The van der Waals surface area contributed by atoms with Gasteiger partial charge in [0.2, 0.25) is 6.54 Å². The molecule has 0 radical (unpaired) electrons. The zero-order valence-corrected chi connectivity index (χ0v) is 9.68. The molecule has 0 aromatic rings. The smallest absolute Gasteiger partial charge is 0.305 e. The van der Waals surface area contributed by atoms with E-state index in [0.29, 0.717) is 0 Å². The quantitative estimate of drug-likeness (QED) is 0.420. The van der Waals surface area contributed by atoms with E-state index in [0.717, 1.165) is 0 Å². The molecule has 2 saturated carbocycles. The Kier molecular flexibility index (Phi) is 5.22. The van der Waals surface area contributed by atoms with E-state index >= 15 is 0 Å². The molecule has 0 aromatic heterocycles. The van der Waals surface area contributed by atoms with Crippen molar-refractivity contribution in [1.82, 2.24) is 0 Å². The maximum absolute atomic E-state index is 10.3. The van der Waals surface area contributed by atoms with Crippen LogP contribution in [0.3, 0.4) is 0 Å². The Bertz CT molecular complexity index is 246. The van der Waals surface area contributed by atoms with Crippen LogP contribution in [0.2, 0.25) is 0 Å². The van der Waals surface area contributed by atoms with E-state index in [1.54, 1.807) is 19.3 Å². The third-order valence-electron chi connectivity index (χ3n) is 3.17. The molecule has 5 nitrogen and oxygen atoms in total. The van der Waals surface area contributed by atoms with Gasteiger partial charge in [-0.25, -0.2) is 0 Å². The second kappa shape index (κ2) is 6.45. The molecule has 5 heteroatoms. The molecule has 2 aliphatic carbocycles. The number of rotatable bonds is 4. The van der Waals surface area contributed by atoms with Gasteiger partial charge in [-0.2, -0.15) is 0 Å². The summed E-state index contributed by atoms with van der Waals surface area (Å²) in [5.74, 6) is 2.02. The lowest BCUT2D eigenvalue weighted by molar-refractivity contribution is -0.480.